The first-order valence-electron chi connectivity index (χ1n) is 6.04. The molecule has 0 amide bonds. The molecule has 5 nitrogen and oxygen atoms in total. The Morgan fingerprint density at radius 3 is 2.32 bits per heavy atom. The number of aromatic nitrogens is 1. The Balaban J connectivity index is 2.93. The van der Waals surface area contributed by atoms with Gasteiger partial charge in [-0.1, -0.05) is 25.2 Å². The average Bonchev–Trinajstić information content (AvgIpc) is 2.72. The first-order valence-corrected chi connectivity index (χ1v) is 9.57. The number of hydrogen-bond donors (Lipinski definition) is 2. The van der Waals surface area contributed by atoms with Crippen molar-refractivity contribution in [3.8, 4) is 0 Å². The molecule has 2 N–H and O–H groups in total. The lowest BCUT2D eigenvalue weighted by Crippen LogP contribution is -2.39. The summed E-state index contributed by atoms with van der Waals surface area (Å²) in [6.07, 6.45) is 3.76. The van der Waals surface area contributed by atoms with Crippen molar-refractivity contribution in [2.45, 2.75) is 42.6 Å². The summed E-state index contributed by atoms with van der Waals surface area (Å²) in [4.78, 5) is 13.3. The molecule has 110 valence electrons. The maximum absolute atomic E-state index is 12.2. The zero-order chi connectivity index (χ0) is 14.7. The second kappa shape index (κ2) is 6.43. The van der Waals surface area contributed by atoms with Crippen molar-refractivity contribution in [2.24, 2.45) is 0 Å². The van der Waals surface area contributed by atoms with Crippen LogP contribution in [0.2, 0.25) is 0 Å². The second-order valence-electron chi connectivity index (χ2n) is 4.35. The molecule has 0 saturated carbocycles. The van der Waals surface area contributed by atoms with Crippen LogP contribution in [0.15, 0.2) is 9.00 Å². The predicted octanol–water partition coefficient (Wildman–Crippen LogP) is 1.94. The zero-order valence-corrected chi connectivity index (χ0v) is 14.0. The number of aromatic amines is 1. The fraction of sp³-hybridized carbons (Fsp3) is 0.727. The Kier molecular flexibility index (Phi) is 5.66. The van der Waals surface area contributed by atoms with E-state index in [2.05, 4.69) is 9.71 Å². The first kappa shape index (κ1) is 16.7. The van der Waals surface area contributed by atoms with Gasteiger partial charge >= 0.3 is 4.87 Å². The monoisotopic (exact) mass is 324 g/mol. The molecule has 0 spiro atoms. The topological polar surface area (TPSA) is 79.0 Å². The van der Waals surface area contributed by atoms with Gasteiger partial charge in [-0.25, -0.2) is 13.1 Å². The van der Waals surface area contributed by atoms with Crippen molar-refractivity contribution in [3.05, 3.63) is 15.4 Å². The third-order valence-electron chi connectivity index (χ3n) is 3.33. The largest absolute Gasteiger partial charge is 0.315 e. The SMILES string of the molecule is CCC(CC)(CNS(=O)(=O)c1sc(=O)[nH]c1C)SC. The first-order chi connectivity index (χ1) is 8.80. The van der Waals surface area contributed by atoms with Crippen LogP contribution in [0.5, 0.6) is 0 Å². The molecule has 19 heavy (non-hydrogen) atoms. The minimum Gasteiger partial charge on any atom is -0.315 e. The molecule has 0 fully saturated rings. The van der Waals surface area contributed by atoms with Crippen LogP contribution in [0.25, 0.3) is 0 Å². The predicted molar refractivity (Wildman–Crippen MR) is 81.7 cm³/mol. The lowest BCUT2D eigenvalue weighted by Gasteiger charge is -2.29. The number of hydrogen-bond acceptors (Lipinski definition) is 5. The fourth-order valence-electron chi connectivity index (χ4n) is 1.80. The van der Waals surface area contributed by atoms with Gasteiger partial charge in [0.25, 0.3) is 10.0 Å². The molecule has 8 heteroatoms. The molecule has 1 aromatic heterocycles. The Morgan fingerprint density at radius 2 is 1.95 bits per heavy atom. The lowest BCUT2D eigenvalue weighted by atomic mass is 10.0. The van der Waals surface area contributed by atoms with Crippen molar-refractivity contribution >= 4 is 33.1 Å². The van der Waals surface area contributed by atoms with Gasteiger partial charge in [0, 0.05) is 17.0 Å². The fourth-order valence-corrected chi connectivity index (χ4v) is 5.16. The Hall–Kier alpha value is -0.310. The van der Waals surface area contributed by atoms with E-state index in [0.29, 0.717) is 12.2 Å². The quantitative estimate of drug-likeness (QED) is 0.803. The van der Waals surface area contributed by atoms with Gasteiger partial charge in [0.2, 0.25) is 0 Å². The highest BCUT2D eigenvalue weighted by Crippen LogP contribution is 2.30. The van der Waals surface area contributed by atoms with E-state index in [0.717, 1.165) is 24.2 Å². The third kappa shape index (κ3) is 3.84. The molecule has 0 saturated heterocycles. The van der Waals surface area contributed by atoms with E-state index in [9.17, 15) is 13.2 Å². The highest BCUT2D eigenvalue weighted by atomic mass is 32.2. The normalized spacial score (nSPS) is 12.8. The maximum Gasteiger partial charge on any atom is 0.305 e. The molecule has 1 heterocycles. The summed E-state index contributed by atoms with van der Waals surface area (Å²) >= 11 is 2.40. The summed E-state index contributed by atoms with van der Waals surface area (Å²) in [5, 5.41) is 0. The van der Waals surface area contributed by atoms with Crippen LogP contribution in [-0.2, 0) is 10.0 Å². The van der Waals surface area contributed by atoms with Crippen molar-refractivity contribution in [1.29, 1.82) is 0 Å². The number of sulfonamides is 1. The summed E-state index contributed by atoms with van der Waals surface area (Å²) in [5.41, 5.74) is 0.394. The minimum atomic E-state index is -3.61. The van der Waals surface area contributed by atoms with E-state index in [1.165, 1.54) is 0 Å². The lowest BCUT2D eigenvalue weighted by molar-refractivity contribution is 0.522. The Bertz CT molecular complexity index is 562. The second-order valence-corrected chi connectivity index (χ2v) is 8.57. The van der Waals surface area contributed by atoms with Crippen molar-refractivity contribution in [2.75, 3.05) is 12.8 Å². The number of thioether (sulfide) groups is 1. The Morgan fingerprint density at radius 1 is 1.37 bits per heavy atom. The van der Waals surface area contributed by atoms with E-state index in [1.54, 1.807) is 18.7 Å². The van der Waals surface area contributed by atoms with Gasteiger partial charge < -0.3 is 4.98 Å². The van der Waals surface area contributed by atoms with Gasteiger partial charge in [-0.15, -0.1) is 0 Å². The van der Waals surface area contributed by atoms with Crippen LogP contribution in [-0.4, -0.2) is 30.9 Å². The standard InChI is InChI=1S/C11H20N2O3S3/c1-5-11(6-2,17-4)7-12-19(15,16)9-8(3)13-10(14)18-9/h12H,5-7H2,1-4H3,(H,13,14). The van der Waals surface area contributed by atoms with Crippen molar-refractivity contribution in [3.63, 3.8) is 0 Å². The van der Waals surface area contributed by atoms with Crippen molar-refractivity contribution < 1.29 is 8.42 Å². The minimum absolute atomic E-state index is 0.0831. The molecule has 0 aromatic carbocycles. The van der Waals surface area contributed by atoms with Crippen LogP contribution in [0.1, 0.15) is 32.4 Å². The number of H-pyrrole nitrogens is 1. The highest BCUT2D eigenvalue weighted by molar-refractivity contribution is 8.00. The number of rotatable bonds is 7. The van der Waals surface area contributed by atoms with Crippen LogP contribution in [0, 0.1) is 6.92 Å². The van der Waals surface area contributed by atoms with Crippen LogP contribution < -0.4 is 9.60 Å². The molecule has 0 aliphatic heterocycles. The summed E-state index contributed by atoms with van der Waals surface area (Å²) in [6, 6.07) is 0. The molecule has 0 unspecified atom stereocenters. The summed E-state index contributed by atoms with van der Waals surface area (Å²) in [5.74, 6) is 0. The van der Waals surface area contributed by atoms with E-state index in [-0.39, 0.29) is 13.8 Å². The molecular formula is C11H20N2O3S3. The molecule has 0 bridgehead atoms. The molecule has 0 atom stereocenters. The number of aryl methyl sites for hydroxylation is 1. The molecule has 0 radical (unpaired) electrons. The van der Waals surface area contributed by atoms with Gasteiger partial charge in [-0.3, -0.25) is 4.79 Å². The smallest absolute Gasteiger partial charge is 0.305 e. The third-order valence-corrected chi connectivity index (χ3v) is 7.92. The van der Waals surface area contributed by atoms with Gasteiger partial charge in [-0.2, -0.15) is 11.8 Å². The van der Waals surface area contributed by atoms with Gasteiger partial charge in [-0.05, 0) is 26.0 Å². The molecule has 0 aliphatic carbocycles. The van der Waals surface area contributed by atoms with Gasteiger partial charge in [0.05, 0.1) is 0 Å². The summed E-state index contributed by atoms with van der Waals surface area (Å²) in [7, 11) is -3.61. The summed E-state index contributed by atoms with van der Waals surface area (Å²) < 4.78 is 27.0. The maximum atomic E-state index is 12.2. The molecular weight excluding hydrogens is 304 g/mol. The zero-order valence-electron chi connectivity index (χ0n) is 11.6. The van der Waals surface area contributed by atoms with Crippen LogP contribution in [0.3, 0.4) is 0 Å². The summed E-state index contributed by atoms with van der Waals surface area (Å²) in [6.45, 7) is 6.06. The van der Waals surface area contributed by atoms with E-state index in [4.69, 9.17) is 0 Å². The van der Waals surface area contributed by atoms with E-state index >= 15 is 0 Å². The number of thiazole rings is 1. The van der Waals surface area contributed by atoms with Gasteiger partial charge in [0.15, 0.2) is 4.21 Å². The highest BCUT2D eigenvalue weighted by Gasteiger charge is 2.29. The van der Waals surface area contributed by atoms with Crippen molar-refractivity contribution in [1.82, 2.24) is 9.71 Å². The molecule has 1 aromatic rings. The van der Waals surface area contributed by atoms with E-state index < -0.39 is 10.0 Å². The van der Waals surface area contributed by atoms with Crippen LogP contribution >= 0.6 is 23.1 Å². The number of nitrogens with one attached hydrogen (secondary N) is 2. The van der Waals surface area contributed by atoms with Gasteiger partial charge in [0.1, 0.15) is 0 Å². The van der Waals surface area contributed by atoms with E-state index in [1.807, 2.05) is 20.1 Å². The molecule has 0 aliphatic rings. The molecule has 1 rings (SSSR count). The van der Waals surface area contributed by atoms with Crippen LogP contribution in [0.4, 0.5) is 0 Å². The average molecular weight is 324 g/mol. The Labute approximate surface area is 122 Å².